The van der Waals surface area contributed by atoms with Gasteiger partial charge in [-0.25, -0.2) is 0 Å². The number of aryl methyl sites for hydroxylation is 2. The van der Waals surface area contributed by atoms with Crippen LogP contribution in [0.4, 0.5) is 0 Å². The monoisotopic (exact) mass is 286 g/mol. The van der Waals surface area contributed by atoms with Crippen molar-refractivity contribution in [3.63, 3.8) is 0 Å². The van der Waals surface area contributed by atoms with Crippen LogP contribution in [0.2, 0.25) is 0 Å². The molecule has 21 heavy (non-hydrogen) atoms. The summed E-state index contributed by atoms with van der Waals surface area (Å²) >= 11 is 0. The highest BCUT2D eigenvalue weighted by Crippen LogP contribution is 2.23. The second-order valence-corrected chi connectivity index (χ2v) is 6.07. The van der Waals surface area contributed by atoms with Gasteiger partial charge >= 0.3 is 0 Å². The second-order valence-electron chi connectivity index (χ2n) is 6.07. The van der Waals surface area contributed by atoms with Gasteiger partial charge in [0.25, 0.3) is 5.91 Å². The van der Waals surface area contributed by atoms with Gasteiger partial charge in [-0.1, -0.05) is 0 Å². The van der Waals surface area contributed by atoms with Gasteiger partial charge in [-0.05, 0) is 44.4 Å². The van der Waals surface area contributed by atoms with Crippen molar-refractivity contribution in [2.75, 3.05) is 0 Å². The van der Waals surface area contributed by atoms with E-state index in [9.17, 15) is 4.79 Å². The fourth-order valence-corrected chi connectivity index (χ4v) is 3.05. The van der Waals surface area contributed by atoms with Crippen molar-refractivity contribution in [3.8, 4) is 0 Å². The highest BCUT2D eigenvalue weighted by Gasteiger charge is 2.25. The van der Waals surface area contributed by atoms with Gasteiger partial charge in [-0.3, -0.25) is 9.48 Å². The third-order valence-corrected chi connectivity index (χ3v) is 4.19. The lowest BCUT2D eigenvalue weighted by molar-refractivity contribution is 0.0925. The van der Waals surface area contributed by atoms with Crippen molar-refractivity contribution < 1.29 is 4.79 Å². The largest absolute Gasteiger partial charge is 0.348 e. The second kappa shape index (κ2) is 5.39. The molecule has 112 valence electrons. The van der Waals surface area contributed by atoms with Crippen LogP contribution in [0.25, 0.3) is 0 Å². The molecule has 1 aliphatic carbocycles. The Morgan fingerprint density at radius 3 is 2.95 bits per heavy atom. The third kappa shape index (κ3) is 2.60. The van der Waals surface area contributed by atoms with Crippen molar-refractivity contribution in [2.24, 2.45) is 7.05 Å². The Hall–Kier alpha value is -2.04. The topological polar surface area (TPSA) is 51.9 Å². The maximum absolute atomic E-state index is 12.3. The predicted octanol–water partition coefficient (Wildman–Crippen LogP) is 2.09. The Labute approximate surface area is 125 Å². The number of hydrogen-bond donors (Lipinski definition) is 1. The van der Waals surface area contributed by atoms with Crippen molar-refractivity contribution in [3.05, 3.63) is 41.5 Å². The summed E-state index contributed by atoms with van der Waals surface area (Å²) in [5.41, 5.74) is 3.31. The smallest absolute Gasteiger partial charge is 0.268 e. The van der Waals surface area contributed by atoms with E-state index in [2.05, 4.69) is 28.9 Å². The lowest BCUT2D eigenvalue weighted by Gasteiger charge is -2.25. The first-order chi connectivity index (χ1) is 10.1. The van der Waals surface area contributed by atoms with Crippen LogP contribution in [-0.2, 0) is 19.9 Å². The maximum Gasteiger partial charge on any atom is 0.268 e. The van der Waals surface area contributed by atoms with Gasteiger partial charge in [0.2, 0.25) is 0 Å². The number of carbonyl (C=O) groups is 1. The van der Waals surface area contributed by atoms with Crippen molar-refractivity contribution >= 4 is 5.91 Å². The molecule has 1 aliphatic rings. The molecule has 5 nitrogen and oxygen atoms in total. The molecule has 3 rings (SSSR count). The van der Waals surface area contributed by atoms with E-state index < -0.39 is 0 Å². The van der Waals surface area contributed by atoms with E-state index in [0.717, 1.165) is 19.3 Å². The molecule has 5 heteroatoms. The summed E-state index contributed by atoms with van der Waals surface area (Å²) in [5.74, 6) is 0.00608. The first kappa shape index (κ1) is 13.9. The van der Waals surface area contributed by atoms with Crippen LogP contribution in [0.15, 0.2) is 24.5 Å². The third-order valence-electron chi connectivity index (χ3n) is 4.19. The van der Waals surface area contributed by atoms with Crippen LogP contribution in [-0.4, -0.2) is 26.3 Å². The highest BCUT2D eigenvalue weighted by molar-refractivity contribution is 5.92. The molecule has 0 saturated carbocycles. The average Bonchev–Trinajstić information content (AvgIpc) is 3.04. The van der Waals surface area contributed by atoms with E-state index >= 15 is 0 Å². The minimum Gasteiger partial charge on any atom is -0.348 e. The van der Waals surface area contributed by atoms with Crippen LogP contribution < -0.4 is 5.32 Å². The van der Waals surface area contributed by atoms with Gasteiger partial charge in [0.05, 0.1) is 6.20 Å². The van der Waals surface area contributed by atoms with E-state index in [4.69, 9.17) is 0 Å². The summed E-state index contributed by atoms with van der Waals surface area (Å²) in [4.78, 5) is 12.3. The van der Waals surface area contributed by atoms with E-state index in [1.165, 1.54) is 11.3 Å². The molecule has 0 aromatic carbocycles. The predicted molar refractivity (Wildman–Crippen MR) is 81.3 cm³/mol. The number of fused-ring (bicyclic) bond motifs is 1. The molecular weight excluding hydrogens is 264 g/mol. The molecule has 0 radical (unpaired) electrons. The Morgan fingerprint density at radius 2 is 2.29 bits per heavy atom. The molecule has 0 bridgehead atoms. The minimum atomic E-state index is 0.00608. The zero-order valence-corrected chi connectivity index (χ0v) is 12.8. The van der Waals surface area contributed by atoms with E-state index in [0.29, 0.717) is 11.7 Å². The summed E-state index contributed by atoms with van der Waals surface area (Å²) in [6.45, 7) is 4.28. The minimum absolute atomic E-state index is 0.00608. The maximum atomic E-state index is 12.3. The summed E-state index contributed by atoms with van der Waals surface area (Å²) < 4.78 is 3.93. The normalized spacial score (nSPS) is 17.8. The zero-order chi connectivity index (χ0) is 15.0. The van der Waals surface area contributed by atoms with Crippen molar-refractivity contribution in [1.82, 2.24) is 19.7 Å². The van der Waals surface area contributed by atoms with Gasteiger partial charge in [-0.2, -0.15) is 5.10 Å². The zero-order valence-electron chi connectivity index (χ0n) is 12.8. The molecule has 2 heterocycles. The molecule has 1 amide bonds. The molecule has 2 aromatic rings. The Balaban J connectivity index is 1.73. The fraction of sp³-hybridized carbons (Fsp3) is 0.500. The summed E-state index contributed by atoms with van der Waals surface area (Å²) in [6.07, 6.45) is 6.70. The van der Waals surface area contributed by atoms with E-state index in [1.54, 1.807) is 0 Å². The number of hydrogen-bond acceptors (Lipinski definition) is 2. The van der Waals surface area contributed by atoms with Crippen LogP contribution in [0, 0.1) is 0 Å². The van der Waals surface area contributed by atoms with E-state index in [-0.39, 0.29) is 11.9 Å². The average molecular weight is 286 g/mol. The molecular formula is C16H22N4O. The lowest BCUT2D eigenvalue weighted by Crippen LogP contribution is -2.40. The molecule has 0 saturated heterocycles. The molecule has 1 atom stereocenters. The first-order valence-electron chi connectivity index (χ1n) is 7.53. The number of carbonyl (C=O) groups excluding carboxylic acids is 1. The van der Waals surface area contributed by atoms with Crippen molar-refractivity contribution in [2.45, 2.75) is 45.2 Å². The molecule has 2 aromatic heterocycles. The number of aromatic nitrogens is 3. The number of nitrogens with zero attached hydrogens (tertiary/aromatic N) is 3. The molecule has 0 aliphatic heterocycles. The quantitative estimate of drug-likeness (QED) is 0.939. The van der Waals surface area contributed by atoms with E-state index in [1.807, 2.05) is 36.1 Å². The van der Waals surface area contributed by atoms with Crippen molar-refractivity contribution in [1.29, 1.82) is 0 Å². The highest BCUT2D eigenvalue weighted by atomic mass is 16.2. The first-order valence-corrected chi connectivity index (χ1v) is 7.53. The fourth-order valence-electron chi connectivity index (χ4n) is 3.05. The molecule has 1 N–H and O–H groups in total. The molecule has 0 fully saturated rings. The van der Waals surface area contributed by atoms with Gasteiger partial charge in [-0.15, -0.1) is 0 Å². The standard InChI is InChI=1S/C16H22N4O/c1-11(2)20-15-9-13(7-6-12(15)10-17-20)18-16(21)14-5-4-8-19(14)3/h4-5,8,10-11,13H,6-7,9H2,1-3H3,(H,18,21)/t13-/m0/s1. The van der Waals surface area contributed by atoms with Gasteiger partial charge < -0.3 is 9.88 Å². The van der Waals surface area contributed by atoms with Crippen LogP contribution in [0.5, 0.6) is 0 Å². The van der Waals surface area contributed by atoms with Crippen LogP contribution >= 0.6 is 0 Å². The number of nitrogens with one attached hydrogen (secondary N) is 1. The van der Waals surface area contributed by atoms with Gasteiger partial charge in [0.1, 0.15) is 5.69 Å². The van der Waals surface area contributed by atoms with Crippen LogP contribution in [0.3, 0.4) is 0 Å². The lowest BCUT2D eigenvalue weighted by atomic mass is 9.93. The Morgan fingerprint density at radius 1 is 1.48 bits per heavy atom. The Kier molecular flexibility index (Phi) is 3.57. The summed E-state index contributed by atoms with van der Waals surface area (Å²) in [7, 11) is 1.89. The summed E-state index contributed by atoms with van der Waals surface area (Å²) in [5, 5.41) is 7.63. The summed E-state index contributed by atoms with van der Waals surface area (Å²) in [6, 6.07) is 4.29. The number of rotatable bonds is 3. The SMILES string of the molecule is CC(C)n1ncc2c1C[C@@H](NC(=O)c1cccn1C)CC2. The Bertz CT molecular complexity index is 653. The molecule has 0 unspecified atom stereocenters. The van der Waals surface area contributed by atoms with Gasteiger partial charge in [0, 0.05) is 37.4 Å². The number of amides is 1. The molecule has 0 spiro atoms. The van der Waals surface area contributed by atoms with Gasteiger partial charge in [0.15, 0.2) is 0 Å². The van der Waals surface area contributed by atoms with Crippen LogP contribution in [0.1, 0.15) is 48.1 Å².